The van der Waals surface area contributed by atoms with Gasteiger partial charge in [-0.25, -0.2) is 4.98 Å². The zero-order valence-corrected chi connectivity index (χ0v) is 12.4. The Balaban J connectivity index is 2.28. The van der Waals surface area contributed by atoms with Gasteiger partial charge in [0.25, 0.3) is 0 Å². The Bertz CT molecular complexity index is 555. The Morgan fingerprint density at radius 1 is 1.28 bits per heavy atom. The highest BCUT2D eigenvalue weighted by molar-refractivity contribution is 9.10. The van der Waals surface area contributed by atoms with E-state index in [9.17, 15) is 0 Å². The summed E-state index contributed by atoms with van der Waals surface area (Å²) in [6, 6.07) is 7.31. The van der Waals surface area contributed by atoms with Gasteiger partial charge in [-0.1, -0.05) is 18.5 Å². The molecule has 5 heteroatoms. The van der Waals surface area contributed by atoms with Crippen LogP contribution in [0.25, 0.3) is 0 Å². The normalized spacial score (nSPS) is 10.4. The van der Waals surface area contributed by atoms with Crippen molar-refractivity contribution in [3.05, 3.63) is 45.3 Å². The molecule has 1 heterocycles. The van der Waals surface area contributed by atoms with E-state index in [1.54, 1.807) is 6.07 Å². The van der Waals surface area contributed by atoms with Crippen LogP contribution in [0.1, 0.15) is 18.3 Å². The molecule has 0 saturated heterocycles. The third-order valence-electron chi connectivity index (χ3n) is 2.40. The lowest BCUT2D eigenvalue weighted by Gasteiger charge is -2.08. The van der Waals surface area contributed by atoms with Gasteiger partial charge in [0.2, 0.25) is 5.88 Å². The molecule has 2 aromatic rings. The Kier molecular flexibility index (Phi) is 4.19. The van der Waals surface area contributed by atoms with Crippen molar-refractivity contribution in [3.8, 4) is 11.6 Å². The number of hydrogen-bond acceptors (Lipinski definition) is 3. The van der Waals surface area contributed by atoms with Crippen molar-refractivity contribution in [3.63, 3.8) is 0 Å². The lowest BCUT2D eigenvalue weighted by molar-refractivity contribution is 0.458. The number of benzene rings is 1. The molecular weight excluding hydrogens is 316 g/mol. The number of rotatable bonds is 3. The summed E-state index contributed by atoms with van der Waals surface area (Å²) in [5, 5.41) is 0.755. The molecule has 2 rings (SSSR count). The Morgan fingerprint density at radius 2 is 2.06 bits per heavy atom. The molecule has 3 nitrogen and oxygen atoms in total. The van der Waals surface area contributed by atoms with Crippen molar-refractivity contribution in [2.24, 2.45) is 0 Å². The SMILES string of the molecule is CCc1cc(Oc2cc(Br)nc(C)n2)ccc1Cl. The smallest absolute Gasteiger partial charge is 0.223 e. The third kappa shape index (κ3) is 3.21. The maximum Gasteiger partial charge on any atom is 0.223 e. The molecule has 18 heavy (non-hydrogen) atoms. The van der Waals surface area contributed by atoms with Crippen LogP contribution in [0.2, 0.25) is 5.02 Å². The van der Waals surface area contributed by atoms with Crippen LogP contribution in [0.15, 0.2) is 28.9 Å². The Labute approximate surface area is 119 Å². The van der Waals surface area contributed by atoms with Crippen molar-refractivity contribution in [1.82, 2.24) is 9.97 Å². The first-order valence-electron chi connectivity index (χ1n) is 5.56. The topological polar surface area (TPSA) is 35.0 Å². The van der Waals surface area contributed by atoms with Crippen LogP contribution in [0.3, 0.4) is 0 Å². The minimum Gasteiger partial charge on any atom is -0.439 e. The first-order chi connectivity index (χ1) is 8.58. The fourth-order valence-corrected chi connectivity index (χ4v) is 2.27. The summed E-state index contributed by atoms with van der Waals surface area (Å²) in [6.45, 7) is 3.87. The maximum absolute atomic E-state index is 6.06. The van der Waals surface area contributed by atoms with Crippen LogP contribution in [0, 0.1) is 6.92 Å². The van der Waals surface area contributed by atoms with Crippen molar-refractivity contribution in [1.29, 1.82) is 0 Å². The van der Waals surface area contributed by atoms with Gasteiger partial charge in [0.15, 0.2) is 0 Å². The summed E-state index contributed by atoms with van der Waals surface area (Å²) < 4.78 is 6.40. The summed E-state index contributed by atoms with van der Waals surface area (Å²) in [5.74, 6) is 1.89. The Hall–Kier alpha value is -1.13. The molecule has 94 valence electrons. The van der Waals surface area contributed by atoms with E-state index in [-0.39, 0.29) is 0 Å². The quantitative estimate of drug-likeness (QED) is 0.775. The number of aromatic nitrogens is 2. The lowest BCUT2D eigenvalue weighted by Crippen LogP contribution is -1.94. The highest BCUT2D eigenvalue weighted by Gasteiger charge is 2.05. The second-order valence-corrected chi connectivity index (χ2v) is 5.00. The van der Waals surface area contributed by atoms with Gasteiger partial charge in [0.1, 0.15) is 16.2 Å². The minimum atomic E-state index is 0.513. The fraction of sp³-hybridized carbons (Fsp3) is 0.231. The monoisotopic (exact) mass is 326 g/mol. The van der Waals surface area contributed by atoms with E-state index in [0.717, 1.165) is 22.8 Å². The zero-order valence-electron chi connectivity index (χ0n) is 10.1. The van der Waals surface area contributed by atoms with Crippen LogP contribution < -0.4 is 4.74 Å². The zero-order chi connectivity index (χ0) is 13.1. The standard InChI is InChI=1S/C13H12BrClN2O/c1-3-9-6-10(4-5-11(9)15)18-13-7-12(14)16-8(2)17-13/h4-7H,3H2,1-2H3. The average Bonchev–Trinajstić information content (AvgIpc) is 2.30. The van der Waals surface area contributed by atoms with E-state index >= 15 is 0 Å². The van der Waals surface area contributed by atoms with Crippen molar-refractivity contribution >= 4 is 27.5 Å². The number of ether oxygens (including phenoxy) is 1. The molecule has 0 N–H and O–H groups in total. The molecule has 0 aliphatic rings. The predicted octanol–water partition coefficient (Wildman–Crippen LogP) is 4.56. The third-order valence-corrected chi connectivity index (χ3v) is 3.18. The molecule has 0 saturated carbocycles. The molecule has 0 aliphatic heterocycles. The molecule has 0 atom stereocenters. The number of halogens is 2. The van der Waals surface area contributed by atoms with Gasteiger partial charge < -0.3 is 4.74 Å². The first kappa shape index (κ1) is 13.3. The largest absolute Gasteiger partial charge is 0.439 e. The van der Waals surface area contributed by atoms with E-state index in [1.807, 2.05) is 25.1 Å². The van der Waals surface area contributed by atoms with E-state index in [4.69, 9.17) is 16.3 Å². The number of nitrogens with zero attached hydrogens (tertiary/aromatic N) is 2. The van der Waals surface area contributed by atoms with Crippen molar-refractivity contribution < 1.29 is 4.74 Å². The predicted molar refractivity (Wildman–Crippen MR) is 75.4 cm³/mol. The summed E-state index contributed by atoms with van der Waals surface area (Å²) >= 11 is 9.37. The Morgan fingerprint density at radius 3 is 2.72 bits per heavy atom. The molecular formula is C13H12BrClN2O. The highest BCUT2D eigenvalue weighted by Crippen LogP contribution is 2.26. The molecule has 0 bridgehead atoms. The fourth-order valence-electron chi connectivity index (χ4n) is 1.56. The molecule has 0 radical (unpaired) electrons. The van der Waals surface area contributed by atoms with Crippen LogP contribution in [-0.2, 0) is 6.42 Å². The van der Waals surface area contributed by atoms with Crippen LogP contribution in [0.5, 0.6) is 11.6 Å². The van der Waals surface area contributed by atoms with Gasteiger partial charge in [0, 0.05) is 11.1 Å². The van der Waals surface area contributed by atoms with Gasteiger partial charge in [-0.05, 0) is 53.0 Å². The second-order valence-electron chi connectivity index (χ2n) is 3.78. The van der Waals surface area contributed by atoms with Gasteiger partial charge in [-0.3, -0.25) is 0 Å². The number of hydrogen-bond donors (Lipinski definition) is 0. The highest BCUT2D eigenvalue weighted by atomic mass is 79.9. The lowest BCUT2D eigenvalue weighted by atomic mass is 10.1. The summed E-state index contributed by atoms with van der Waals surface area (Å²) in [7, 11) is 0. The van der Waals surface area contributed by atoms with E-state index in [1.165, 1.54) is 0 Å². The molecule has 1 aromatic heterocycles. The molecule has 0 unspecified atom stereocenters. The van der Waals surface area contributed by atoms with E-state index in [2.05, 4.69) is 32.8 Å². The maximum atomic E-state index is 6.06. The first-order valence-corrected chi connectivity index (χ1v) is 6.73. The van der Waals surface area contributed by atoms with Gasteiger partial charge in [0.05, 0.1) is 0 Å². The van der Waals surface area contributed by atoms with Crippen molar-refractivity contribution in [2.75, 3.05) is 0 Å². The van der Waals surface area contributed by atoms with E-state index in [0.29, 0.717) is 16.3 Å². The second kappa shape index (κ2) is 5.67. The van der Waals surface area contributed by atoms with Gasteiger partial charge >= 0.3 is 0 Å². The van der Waals surface area contributed by atoms with Crippen LogP contribution in [-0.4, -0.2) is 9.97 Å². The summed E-state index contributed by atoms with van der Waals surface area (Å²) in [5.41, 5.74) is 1.05. The molecule has 0 spiro atoms. The molecule has 0 aliphatic carbocycles. The van der Waals surface area contributed by atoms with Crippen molar-refractivity contribution in [2.45, 2.75) is 20.3 Å². The summed E-state index contributed by atoms with van der Waals surface area (Å²) in [4.78, 5) is 8.34. The summed E-state index contributed by atoms with van der Waals surface area (Å²) in [6.07, 6.45) is 0.864. The number of aryl methyl sites for hydroxylation is 2. The van der Waals surface area contributed by atoms with Gasteiger partial charge in [-0.15, -0.1) is 0 Å². The van der Waals surface area contributed by atoms with Gasteiger partial charge in [-0.2, -0.15) is 4.98 Å². The van der Waals surface area contributed by atoms with E-state index < -0.39 is 0 Å². The molecule has 0 fully saturated rings. The average molecular weight is 328 g/mol. The van der Waals surface area contributed by atoms with Crippen LogP contribution >= 0.6 is 27.5 Å². The molecule has 0 amide bonds. The molecule has 1 aromatic carbocycles. The van der Waals surface area contributed by atoms with Crippen LogP contribution in [0.4, 0.5) is 0 Å². The minimum absolute atomic E-state index is 0.513.